The van der Waals surface area contributed by atoms with Gasteiger partial charge in [0.25, 0.3) is 0 Å². The van der Waals surface area contributed by atoms with Gasteiger partial charge < -0.3 is 0 Å². The lowest BCUT2D eigenvalue weighted by Crippen LogP contribution is -2.39. The first kappa shape index (κ1) is 13.0. The summed E-state index contributed by atoms with van der Waals surface area (Å²) in [6.07, 6.45) is 0.671. The standard InChI is InChI=1S/C11H16N6S/c1-17-15-11(14-16-17)7-9(13-12)8-18-10-5-3-2-4-6-10/h2-6,9,13H,7-8,12H2,1H3. The topological polar surface area (TPSA) is 81.7 Å². The van der Waals surface area contributed by atoms with E-state index in [4.69, 9.17) is 5.84 Å². The van der Waals surface area contributed by atoms with Gasteiger partial charge in [0, 0.05) is 23.1 Å². The number of thioether (sulfide) groups is 1. The molecule has 1 aromatic heterocycles. The van der Waals surface area contributed by atoms with Crippen molar-refractivity contribution in [2.45, 2.75) is 17.4 Å². The van der Waals surface area contributed by atoms with Crippen molar-refractivity contribution in [3.05, 3.63) is 36.2 Å². The number of hydrogen-bond donors (Lipinski definition) is 2. The van der Waals surface area contributed by atoms with Crippen molar-refractivity contribution < 1.29 is 0 Å². The summed E-state index contributed by atoms with van der Waals surface area (Å²) in [5, 5.41) is 11.9. The highest BCUT2D eigenvalue weighted by Crippen LogP contribution is 2.18. The Hall–Kier alpha value is -1.44. The molecule has 0 aliphatic rings. The van der Waals surface area contributed by atoms with Crippen molar-refractivity contribution in [3.8, 4) is 0 Å². The van der Waals surface area contributed by atoms with Gasteiger partial charge in [0.05, 0.1) is 7.05 Å². The highest BCUT2D eigenvalue weighted by atomic mass is 32.2. The fraction of sp³-hybridized carbons (Fsp3) is 0.364. The molecule has 3 N–H and O–H groups in total. The average molecular weight is 264 g/mol. The molecule has 1 atom stereocenters. The molecule has 0 spiro atoms. The number of nitrogens with one attached hydrogen (secondary N) is 1. The summed E-state index contributed by atoms with van der Waals surface area (Å²) in [5.74, 6) is 7.11. The third kappa shape index (κ3) is 3.80. The molecule has 0 bridgehead atoms. The molecule has 0 aliphatic carbocycles. The van der Waals surface area contributed by atoms with Crippen molar-refractivity contribution in [3.63, 3.8) is 0 Å². The van der Waals surface area contributed by atoms with Crippen molar-refractivity contribution in [2.75, 3.05) is 5.75 Å². The van der Waals surface area contributed by atoms with Gasteiger partial charge in [-0.1, -0.05) is 18.2 Å². The number of hydrogen-bond acceptors (Lipinski definition) is 6. The predicted molar refractivity (Wildman–Crippen MR) is 70.8 cm³/mol. The van der Waals surface area contributed by atoms with Gasteiger partial charge in [0.15, 0.2) is 5.82 Å². The Morgan fingerprint density at radius 2 is 2.17 bits per heavy atom. The monoisotopic (exact) mass is 264 g/mol. The van der Waals surface area contributed by atoms with Crippen molar-refractivity contribution in [1.82, 2.24) is 25.6 Å². The van der Waals surface area contributed by atoms with Gasteiger partial charge in [-0.25, -0.2) is 0 Å². The quantitative estimate of drug-likeness (QED) is 0.446. The SMILES string of the molecule is Cn1nnc(CC(CSc2ccccc2)NN)n1. The van der Waals surface area contributed by atoms with Crippen LogP contribution in [-0.4, -0.2) is 32.0 Å². The number of benzene rings is 1. The van der Waals surface area contributed by atoms with E-state index in [2.05, 4.69) is 33.0 Å². The minimum atomic E-state index is 0.124. The van der Waals surface area contributed by atoms with Crippen molar-refractivity contribution in [2.24, 2.45) is 12.9 Å². The summed E-state index contributed by atoms with van der Waals surface area (Å²) in [5.41, 5.74) is 2.79. The normalized spacial score (nSPS) is 12.6. The van der Waals surface area contributed by atoms with E-state index in [1.165, 1.54) is 9.69 Å². The number of aromatic nitrogens is 4. The first-order valence-corrected chi connectivity index (χ1v) is 6.63. The highest BCUT2D eigenvalue weighted by Gasteiger charge is 2.11. The zero-order valence-electron chi connectivity index (χ0n) is 10.2. The predicted octanol–water partition coefficient (Wildman–Crippen LogP) is 0.377. The van der Waals surface area contributed by atoms with E-state index in [-0.39, 0.29) is 6.04 Å². The summed E-state index contributed by atoms with van der Waals surface area (Å²) in [6, 6.07) is 10.3. The summed E-state index contributed by atoms with van der Waals surface area (Å²) in [7, 11) is 1.75. The second-order valence-electron chi connectivity index (χ2n) is 3.89. The molecule has 7 heteroatoms. The van der Waals surface area contributed by atoms with E-state index in [1.807, 2.05) is 18.2 Å². The first-order chi connectivity index (χ1) is 8.78. The molecule has 0 radical (unpaired) electrons. The van der Waals surface area contributed by atoms with Gasteiger partial charge in [-0.05, 0) is 17.3 Å². The summed E-state index contributed by atoms with van der Waals surface area (Å²) < 4.78 is 0. The van der Waals surface area contributed by atoms with Crippen LogP contribution in [0.15, 0.2) is 35.2 Å². The average Bonchev–Trinajstić information content (AvgIpc) is 2.81. The molecule has 0 fully saturated rings. The largest absolute Gasteiger partial charge is 0.271 e. The van der Waals surface area contributed by atoms with E-state index in [1.54, 1.807) is 18.8 Å². The second-order valence-corrected chi connectivity index (χ2v) is 4.98. The minimum absolute atomic E-state index is 0.124. The number of tetrazole rings is 1. The summed E-state index contributed by atoms with van der Waals surface area (Å²) in [4.78, 5) is 2.68. The molecule has 0 aliphatic heterocycles. The molecule has 1 unspecified atom stereocenters. The minimum Gasteiger partial charge on any atom is -0.271 e. The molecule has 18 heavy (non-hydrogen) atoms. The number of aryl methyl sites for hydroxylation is 1. The maximum atomic E-state index is 5.55. The lowest BCUT2D eigenvalue weighted by Gasteiger charge is -2.13. The van der Waals surface area contributed by atoms with Crippen LogP contribution >= 0.6 is 11.8 Å². The van der Waals surface area contributed by atoms with E-state index in [0.717, 1.165) is 5.75 Å². The van der Waals surface area contributed by atoms with E-state index in [0.29, 0.717) is 12.2 Å². The number of hydrazine groups is 1. The van der Waals surface area contributed by atoms with Crippen LogP contribution in [0, 0.1) is 0 Å². The van der Waals surface area contributed by atoms with Gasteiger partial charge in [-0.3, -0.25) is 11.3 Å². The number of rotatable bonds is 6. The lowest BCUT2D eigenvalue weighted by atomic mass is 10.2. The zero-order valence-corrected chi connectivity index (χ0v) is 11.0. The Kier molecular flexibility index (Phi) is 4.68. The van der Waals surface area contributed by atoms with Crippen molar-refractivity contribution >= 4 is 11.8 Å². The number of nitrogens with zero attached hydrogens (tertiary/aromatic N) is 4. The van der Waals surface area contributed by atoms with Gasteiger partial charge in [0.1, 0.15) is 0 Å². The van der Waals surface area contributed by atoms with Crippen LogP contribution in [0.3, 0.4) is 0 Å². The maximum absolute atomic E-state index is 5.55. The van der Waals surface area contributed by atoms with E-state index < -0.39 is 0 Å². The first-order valence-electron chi connectivity index (χ1n) is 5.65. The van der Waals surface area contributed by atoms with Crippen molar-refractivity contribution in [1.29, 1.82) is 0 Å². The maximum Gasteiger partial charge on any atom is 0.176 e. The molecular weight excluding hydrogens is 248 g/mol. The summed E-state index contributed by atoms with van der Waals surface area (Å²) >= 11 is 1.75. The van der Waals surface area contributed by atoms with Crippen LogP contribution in [0.5, 0.6) is 0 Å². The van der Waals surface area contributed by atoms with E-state index in [9.17, 15) is 0 Å². The van der Waals surface area contributed by atoms with Gasteiger partial charge in [0.2, 0.25) is 0 Å². The van der Waals surface area contributed by atoms with Crippen LogP contribution in [-0.2, 0) is 13.5 Å². The van der Waals surface area contributed by atoms with Crippen LogP contribution in [0.25, 0.3) is 0 Å². The molecular formula is C11H16N6S. The van der Waals surface area contributed by atoms with Gasteiger partial charge >= 0.3 is 0 Å². The van der Waals surface area contributed by atoms with E-state index >= 15 is 0 Å². The Labute approximate surface area is 110 Å². The Morgan fingerprint density at radius 1 is 1.39 bits per heavy atom. The van der Waals surface area contributed by atoms with Crippen LogP contribution in [0.4, 0.5) is 0 Å². The molecule has 2 aromatic rings. The molecule has 0 amide bonds. The molecule has 6 nitrogen and oxygen atoms in total. The molecule has 96 valence electrons. The smallest absolute Gasteiger partial charge is 0.176 e. The molecule has 1 heterocycles. The van der Waals surface area contributed by atoms with Gasteiger partial charge in [-0.15, -0.1) is 22.0 Å². The Balaban J connectivity index is 1.86. The Morgan fingerprint density at radius 3 is 2.78 bits per heavy atom. The lowest BCUT2D eigenvalue weighted by molar-refractivity contribution is 0.558. The fourth-order valence-electron chi connectivity index (χ4n) is 1.50. The third-order valence-electron chi connectivity index (χ3n) is 2.41. The van der Waals surface area contributed by atoms with Crippen LogP contribution in [0.1, 0.15) is 5.82 Å². The van der Waals surface area contributed by atoms with Crippen LogP contribution < -0.4 is 11.3 Å². The zero-order chi connectivity index (χ0) is 12.8. The third-order valence-corrected chi connectivity index (χ3v) is 3.58. The molecule has 0 saturated heterocycles. The summed E-state index contributed by atoms with van der Waals surface area (Å²) in [6.45, 7) is 0. The second kappa shape index (κ2) is 6.48. The Bertz CT molecular complexity index is 471. The molecule has 1 aromatic carbocycles. The highest BCUT2D eigenvalue weighted by molar-refractivity contribution is 7.99. The van der Waals surface area contributed by atoms with Crippen LogP contribution in [0.2, 0.25) is 0 Å². The fourth-order valence-corrected chi connectivity index (χ4v) is 2.46. The van der Waals surface area contributed by atoms with Gasteiger partial charge in [-0.2, -0.15) is 4.80 Å². The molecule has 2 rings (SSSR count). The number of nitrogens with two attached hydrogens (primary N) is 1. The molecule has 0 saturated carbocycles.